The molecule has 0 saturated carbocycles. The van der Waals surface area contributed by atoms with Crippen LogP contribution in [0, 0.1) is 10.6 Å². The Morgan fingerprint density at radius 2 is 2.08 bits per heavy atom. The molecule has 0 saturated heterocycles. The average Bonchev–Trinajstić information content (AvgIpc) is 2.98. The Labute approximate surface area is 148 Å². The quantitative estimate of drug-likeness (QED) is 0.648. The van der Waals surface area contributed by atoms with Crippen LogP contribution in [0.4, 0.5) is 4.39 Å². The average molecular weight is 365 g/mol. The minimum absolute atomic E-state index is 0.251. The molecule has 1 heterocycles. The molecule has 0 unspecified atom stereocenters. The molecule has 0 bridgehead atoms. The van der Waals surface area contributed by atoms with Crippen LogP contribution in [0.15, 0.2) is 48.8 Å². The number of hydrogen-bond donors (Lipinski definition) is 2. The van der Waals surface area contributed by atoms with E-state index in [9.17, 15) is 4.39 Å². The maximum Gasteiger partial charge on any atom is 0.214 e. The van der Waals surface area contributed by atoms with Gasteiger partial charge < -0.3 is 10.2 Å². The van der Waals surface area contributed by atoms with Crippen LogP contribution in [-0.2, 0) is 13.2 Å². The predicted molar refractivity (Wildman–Crippen MR) is 92.7 cm³/mol. The second-order valence-corrected chi connectivity index (χ2v) is 5.79. The molecular formula is C16H14ClFN4OS. The van der Waals surface area contributed by atoms with Crippen LogP contribution in [-0.4, -0.2) is 14.9 Å². The lowest BCUT2D eigenvalue weighted by atomic mass is 10.2. The molecule has 124 valence electrons. The van der Waals surface area contributed by atoms with E-state index in [0.29, 0.717) is 22.1 Å². The highest BCUT2D eigenvalue weighted by molar-refractivity contribution is 7.71. The van der Waals surface area contributed by atoms with Gasteiger partial charge in [-0.1, -0.05) is 35.9 Å². The largest absolute Gasteiger partial charge is 0.488 e. The topological polar surface area (TPSA) is 54.9 Å². The fourth-order valence-corrected chi connectivity index (χ4v) is 2.50. The van der Waals surface area contributed by atoms with E-state index in [4.69, 9.17) is 28.6 Å². The van der Waals surface area contributed by atoms with E-state index >= 15 is 0 Å². The van der Waals surface area contributed by atoms with Gasteiger partial charge in [0, 0.05) is 11.1 Å². The second kappa shape index (κ2) is 7.46. The third-order valence-corrected chi connectivity index (χ3v) is 4.00. The standard InChI is InChI=1S/C16H14ClFN4OS/c17-14-7-13(18)6-5-12(14)9-23-15-4-2-1-3-11(15)8-20-22-10-19-21-16(22)24/h1-7,10,20H,8-9H2,(H,21,24). The normalized spacial score (nSPS) is 10.6. The molecule has 8 heteroatoms. The zero-order valence-electron chi connectivity index (χ0n) is 12.5. The number of halogens is 2. The summed E-state index contributed by atoms with van der Waals surface area (Å²) in [6, 6.07) is 11.9. The first-order chi connectivity index (χ1) is 11.6. The molecule has 5 nitrogen and oxygen atoms in total. The number of aromatic nitrogens is 3. The van der Waals surface area contributed by atoms with Gasteiger partial charge in [0.15, 0.2) is 0 Å². The lowest BCUT2D eigenvalue weighted by Crippen LogP contribution is -2.14. The Balaban J connectivity index is 1.69. The number of aromatic amines is 1. The Hall–Kier alpha value is -2.38. The van der Waals surface area contributed by atoms with E-state index in [0.717, 1.165) is 11.1 Å². The van der Waals surface area contributed by atoms with Crippen molar-refractivity contribution >= 4 is 23.8 Å². The molecule has 0 spiro atoms. The summed E-state index contributed by atoms with van der Waals surface area (Å²) in [7, 11) is 0. The van der Waals surface area contributed by atoms with Gasteiger partial charge in [0.1, 0.15) is 24.5 Å². The van der Waals surface area contributed by atoms with Crippen molar-refractivity contribution < 1.29 is 9.13 Å². The number of H-pyrrole nitrogens is 1. The van der Waals surface area contributed by atoms with Gasteiger partial charge in [0.05, 0.1) is 11.6 Å². The third kappa shape index (κ3) is 3.93. The summed E-state index contributed by atoms with van der Waals surface area (Å²) < 4.78 is 21.0. The van der Waals surface area contributed by atoms with E-state index in [1.807, 2.05) is 24.3 Å². The van der Waals surface area contributed by atoms with Gasteiger partial charge in [-0.2, -0.15) is 5.10 Å². The number of nitrogens with zero attached hydrogens (tertiary/aromatic N) is 2. The summed E-state index contributed by atoms with van der Waals surface area (Å²) in [6.07, 6.45) is 1.56. The van der Waals surface area contributed by atoms with Crippen LogP contribution in [0.25, 0.3) is 0 Å². The van der Waals surface area contributed by atoms with Crippen LogP contribution in [0.3, 0.4) is 0 Å². The van der Waals surface area contributed by atoms with Gasteiger partial charge >= 0.3 is 0 Å². The summed E-state index contributed by atoms with van der Waals surface area (Å²) >= 11 is 11.1. The van der Waals surface area contributed by atoms with Crippen molar-refractivity contribution in [3.8, 4) is 5.75 Å². The molecule has 0 aliphatic carbocycles. The number of ether oxygens (including phenoxy) is 1. The van der Waals surface area contributed by atoms with E-state index in [1.54, 1.807) is 17.1 Å². The van der Waals surface area contributed by atoms with Crippen LogP contribution in [0.2, 0.25) is 5.02 Å². The van der Waals surface area contributed by atoms with Gasteiger partial charge in [-0.15, -0.1) is 0 Å². The SMILES string of the molecule is Fc1ccc(COc2ccccc2CNn2cn[nH]c2=S)c(Cl)c1. The van der Waals surface area contributed by atoms with Crippen LogP contribution >= 0.6 is 23.8 Å². The molecule has 2 aromatic carbocycles. The molecule has 0 fully saturated rings. The molecule has 0 radical (unpaired) electrons. The van der Waals surface area contributed by atoms with Gasteiger partial charge in [0.2, 0.25) is 4.77 Å². The lowest BCUT2D eigenvalue weighted by molar-refractivity contribution is 0.303. The van der Waals surface area contributed by atoms with Crippen molar-refractivity contribution in [2.24, 2.45) is 0 Å². The molecule has 0 amide bonds. The number of rotatable bonds is 6. The monoisotopic (exact) mass is 364 g/mol. The van der Waals surface area contributed by atoms with Crippen LogP contribution < -0.4 is 10.2 Å². The summed E-state index contributed by atoms with van der Waals surface area (Å²) in [5.74, 6) is 0.339. The van der Waals surface area contributed by atoms with E-state index in [1.165, 1.54) is 12.1 Å². The molecule has 3 aromatic rings. The predicted octanol–water partition coefficient (Wildman–Crippen LogP) is 4.06. The minimum atomic E-state index is -0.370. The molecule has 24 heavy (non-hydrogen) atoms. The molecule has 0 aliphatic rings. The Morgan fingerprint density at radius 1 is 1.25 bits per heavy atom. The molecule has 0 aliphatic heterocycles. The summed E-state index contributed by atoms with van der Waals surface area (Å²) in [5, 5.41) is 6.85. The van der Waals surface area contributed by atoms with Gasteiger partial charge in [-0.3, -0.25) is 5.10 Å². The maximum atomic E-state index is 13.1. The maximum absolute atomic E-state index is 13.1. The zero-order valence-corrected chi connectivity index (χ0v) is 14.1. The van der Waals surface area contributed by atoms with Crippen molar-refractivity contribution in [2.75, 3.05) is 5.43 Å². The molecule has 3 rings (SSSR count). The van der Waals surface area contributed by atoms with Crippen LogP contribution in [0.5, 0.6) is 5.75 Å². The first kappa shape index (κ1) is 16.5. The Bertz CT molecular complexity index is 896. The van der Waals surface area contributed by atoms with Crippen LogP contribution in [0.1, 0.15) is 11.1 Å². The number of nitrogens with one attached hydrogen (secondary N) is 2. The van der Waals surface area contributed by atoms with Crippen molar-refractivity contribution in [2.45, 2.75) is 13.2 Å². The number of para-hydroxylation sites is 1. The first-order valence-corrected chi connectivity index (χ1v) is 7.92. The Morgan fingerprint density at radius 3 is 2.83 bits per heavy atom. The highest BCUT2D eigenvalue weighted by atomic mass is 35.5. The minimum Gasteiger partial charge on any atom is -0.488 e. The summed E-state index contributed by atoms with van der Waals surface area (Å²) in [6.45, 7) is 0.752. The molecule has 2 N–H and O–H groups in total. The van der Waals surface area contributed by atoms with Gasteiger partial charge in [-0.05, 0) is 30.4 Å². The van der Waals surface area contributed by atoms with E-state index < -0.39 is 0 Å². The van der Waals surface area contributed by atoms with Gasteiger partial charge in [-0.25, -0.2) is 9.07 Å². The highest BCUT2D eigenvalue weighted by Crippen LogP contribution is 2.22. The van der Waals surface area contributed by atoms with E-state index in [-0.39, 0.29) is 12.4 Å². The van der Waals surface area contributed by atoms with Crippen molar-refractivity contribution in [3.63, 3.8) is 0 Å². The molecule has 0 atom stereocenters. The van der Waals surface area contributed by atoms with Crippen molar-refractivity contribution in [1.29, 1.82) is 0 Å². The third-order valence-electron chi connectivity index (χ3n) is 3.36. The Kier molecular flexibility index (Phi) is 5.12. The summed E-state index contributed by atoms with van der Waals surface area (Å²) in [4.78, 5) is 0. The van der Waals surface area contributed by atoms with E-state index in [2.05, 4.69) is 15.6 Å². The summed E-state index contributed by atoms with van der Waals surface area (Å²) in [5.41, 5.74) is 4.79. The molecule has 1 aromatic heterocycles. The second-order valence-electron chi connectivity index (χ2n) is 5.00. The number of hydrogen-bond acceptors (Lipinski definition) is 4. The first-order valence-electron chi connectivity index (χ1n) is 7.14. The smallest absolute Gasteiger partial charge is 0.214 e. The zero-order chi connectivity index (χ0) is 16.9. The lowest BCUT2D eigenvalue weighted by Gasteiger charge is -2.13. The fraction of sp³-hybridized carbons (Fsp3) is 0.125. The van der Waals surface area contributed by atoms with Crippen molar-refractivity contribution in [1.82, 2.24) is 14.9 Å². The fourth-order valence-electron chi connectivity index (χ4n) is 2.12. The molecular weight excluding hydrogens is 351 g/mol. The van der Waals surface area contributed by atoms with Gasteiger partial charge in [0.25, 0.3) is 0 Å². The van der Waals surface area contributed by atoms with Crippen molar-refractivity contribution in [3.05, 3.63) is 75.5 Å². The highest BCUT2D eigenvalue weighted by Gasteiger charge is 2.07. The number of benzene rings is 2.